The number of benzene rings is 1. The van der Waals surface area contributed by atoms with Crippen LogP contribution in [0, 0.1) is 0 Å². The van der Waals surface area contributed by atoms with Crippen molar-refractivity contribution >= 4 is 38.8 Å². The molecule has 1 saturated heterocycles. The molecule has 3 rings (SSSR count). The van der Waals surface area contributed by atoms with Gasteiger partial charge in [-0.1, -0.05) is 15.9 Å². The molecular formula is C14H12BrNO5. The zero-order valence-corrected chi connectivity index (χ0v) is 12.5. The Balaban J connectivity index is 1.88. The third-order valence-corrected chi connectivity index (χ3v) is 3.98. The molecule has 1 aliphatic rings. The van der Waals surface area contributed by atoms with E-state index in [2.05, 4.69) is 21.2 Å². The molecule has 1 fully saturated rings. The Morgan fingerprint density at radius 2 is 2.14 bits per heavy atom. The first kappa shape index (κ1) is 14.1. The first-order valence-corrected chi connectivity index (χ1v) is 7.12. The minimum absolute atomic E-state index is 0.0418. The number of aliphatic carboxylic acids is 1. The van der Waals surface area contributed by atoms with Crippen LogP contribution in [-0.4, -0.2) is 35.7 Å². The van der Waals surface area contributed by atoms with Gasteiger partial charge in [-0.2, -0.15) is 0 Å². The second-order valence-electron chi connectivity index (χ2n) is 4.94. The molecule has 0 aliphatic carbocycles. The second kappa shape index (κ2) is 5.16. The summed E-state index contributed by atoms with van der Waals surface area (Å²) in [6, 6.07) is 6.95. The largest absolute Gasteiger partial charge is 0.479 e. The van der Waals surface area contributed by atoms with Crippen LogP contribution in [0.4, 0.5) is 0 Å². The van der Waals surface area contributed by atoms with Gasteiger partial charge in [-0.15, -0.1) is 0 Å². The number of furan rings is 1. The van der Waals surface area contributed by atoms with Gasteiger partial charge in [0, 0.05) is 22.9 Å². The molecule has 110 valence electrons. The standard InChI is InChI=1S/C14H12BrNO5/c15-9-1-2-10-8(5-9)6-11(21-10)12(17)16-14(13(18)19)3-4-20-7-14/h1-2,5-6H,3-4,7H2,(H,16,17)(H,18,19). The van der Waals surface area contributed by atoms with Crippen molar-refractivity contribution in [2.45, 2.75) is 12.0 Å². The molecule has 1 aromatic heterocycles. The van der Waals surface area contributed by atoms with Crippen molar-refractivity contribution in [3.8, 4) is 0 Å². The Bertz CT molecular complexity index is 717. The predicted molar refractivity (Wildman–Crippen MR) is 77.2 cm³/mol. The smallest absolute Gasteiger partial charge is 0.331 e. The summed E-state index contributed by atoms with van der Waals surface area (Å²) >= 11 is 3.34. The molecule has 6 nitrogen and oxygen atoms in total. The van der Waals surface area contributed by atoms with Gasteiger partial charge in [0.2, 0.25) is 0 Å². The predicted octanol–water partition coefficient (Wildman–Crippen LogP) is 2.17. The third-order valence-electron chi connectivity index (χ3n) is 3.49. The average molecular weight is 354 g/mol. The molecule has 0 radical (unpaired) electrons. The summed E-state index contributed by atoms with van der Waals surface area (Å²) in [6.45, 7) is 0.263. The molecule has 2 N–H and O–H groups in total. The van der Waals surface area contributed by atoms with Gasteiger partial charge in [0.05, 0.1) is 6.61 Å². The number of hydrogen-bond donors (Lipinski definition) is 2. The van der Waals surface area contributed by atoms with E-state index in [4.69, 9.17) is 9.15 Å². The summed E-state index contributed by atoms with van der Waals surface area (Å²) in [6.07, 6.45) is 0.236. The van der Waals surface area contributed by atoms with Crippen LogP contribution in [0.15, 0.2) is 33.2 Å². The highest BCUT2D eigenvalue weighted by molar-refractivity contribution is 9.10. The normalized spacial score (nSPS) is 21.6. The molecule has 7 heteroatoms. The van der Waals surface area contributed by atoms with Gasteiger partial charge >= 0.3 is 5.97 Å². The molecule has 1 atom stereocenters. The van der Waals surface area contributed by atoms with Gasteiger partial charge in [0.1, 0.15) is 5.58 Å². The molecule has 1 aliphatic heterocycles. The summed E-state index contributed by atoms with van der Waals surface area (Å²) in [7, 11) is 0. The number of ether oxygens (including phenoxy) is 1. The van der Waals surface area contributed by atoms with Crippen molar-refractivity contribution in [2.24, 2.45) is 0 Å². The Hall–Kier alpha value is -1.86. The highest BCUT2D eigenvalue weighted by Crippen LogP contribution is 2.25. The average Bonchev–Trinajstić information content (AvgIpc) is 3.05. The number of carbonyl (C=O) groups excluding carboxylic acids is 1. The van der Waals surface area contributed by atoms with Crippen LogP contribution in [-0.2, 0) is 9.53 Å². The first-order chi connectivity index (χ1) is 10.00. The second-order valence-corrected chi connectivity index (χ2v) is 5.85. The van der Waals surface area contributed by atoms with Crippen molar-refractivity contribution < 1.29 is 23.8 Å². The molecule has 0 bridgehead atoms. The zero-order valence-electron chi connectivity index (χ0n) is 10.9. The summed E-state index contributed by atoms with van der Waals surface area (Å²) in [5.74, 6) is -1.59. The summed E-state index contributed by atoms with van der Waals surface area (Å²) in [5, 5.41) is 12.6. The van der Waals surface area contributed by atoms with Crippen LogP contribution in [0.1, 0.15) is 17.0 Å². The summed E-state index contributed by atoms with van der Waals surface area (Å²) in [4.78, 5) is 23.6. The van der Waals surface area contributed by atoms with E-state index >= 15 is 0 Å². The molecule has 21 heavy (non-hydrogen) atoms. The minimum atomic E-state index is -1.38. The number of carbonyl (C=O) groups is 2. The summed E-state index contributed by atoms with van der Waals surface area (Å²) < 4.78 is 11.4. The number of carboxylic acids is 1. The van der Waals surface area contributed by atoms with Crippen molar-refractivity contribution in [1.82, 2.24) is 5.32 Å². The van der Waals surface area contributed by atoms with Gasteiger partial charge in [-0.05, 0) is 24.3 Å². The fraction of sp³-hybridized carbons (Fsp3) is 0.286. The Morgan fingerprint density at radius 1 is 1.33 bits per heavy atom. The fourth-order valence-corrected chi connectivity index (χ4v) is 2.67. The first-order valence-electron chi connectivity index (χ1n) is 6.33. The Kier molecular flexibility index (Phi) is 3.46. The van der Waals surface area contributed by atoms with E-state index in [1.807, 2.05) is 6.07 Å². The zero-order chi connectivity index (χ0) is 15.0. The summed E-state index contributed by atoms with van der Waals surface area (Å²) in [5.41, 5.74) is -0.813. The molecule has 0 saturated carbocycles. The van der Waals surface area contributed by atoms with Crippen molar-refractivity contribution in [2.75, 3.05) is 13.2 Å². The van der Waals surface area contributed by atoms with Gasteiger partial charge in [0.25, 0.3) is 5.91 Å². The van der Waals surface area contributed by atoms with Crippen LogP contribution < -0.4 is 5.32 Å². The highest BCUT2D eigenvalue weighted by Gasteiger charge is 2.44. The highest BCUT2D eigenvalue weighted by atomic mass is 79.9. The number of rotatable bonds is 3. The number of amides is 1. The van der Waals surface area contributed by atoms with E-state index in [1.165, 1.54) is 0 Å². The molecule has 1 aromatic carbocycles. The maximum atomic E-state index is 12.2. The molecule has 2 aromatic rings. The SMILES string of the molecule is O=C(NC1(C(=O)O)CCOC1)c1cc2cc(Br)ccc2o1. The number of halogens is 1. The molecule has 0 spiro atoms. The third kappa shape index (κ3) is 2.54. The quantitative estimate of drug-likeness (QED) is 0.882. The number of carboxylic acid groups (broad SMARTS) is 1. The lowest BCUT2D eigenvalue weighted by Gasteiger charge is -2.22. The van der Waals surface area contributed by atoms with Crippen molar-refractivity contribution in [3.63, 3.8) is 0 Å². The van der Waals surface area contributed by atoms with Crippen molar-refractivity contribution in [1.29, 1.82) is 0 Å². The Morgan fingerprint density at radius 3 is 2.81 bits per heavy atom. The van der Waals surface area contributed by atoms with E-state index < -0.39 is 17.4 Å². The lowest BCUT2D eigenvalue weighted by Crippen LogP contribution is -2.55. The number of fused-ring (bicyclic) bond motifs is 1. The molecule has 1 amide bonds. The minimum Gasteiger partial charge on any atom is -0.479 e. The van der Waals surface area contributed by atoms with Crippen LogP contribution in [0.2, 0.25) is 0 Å². The van der Waals surface area contributed by atoms with Gasteiger partial charge < -0.3 is 19.6 Å². The number of nitrogens with one attached hydrogen (secondary N) is 1. The van der Waals surface area contributed by atoms with Crippen LogP contribution >= 0.6 is 15.9 Å². The fourth-order valence-electron chi connectivity index (χ4n) is 2.29. The molecular weight excluding hydrogens is 342 g/mol. The van der Waals surface area contributed by atoms with E-state index in [1.54, 1.807) is 18.2 Å². The van der Waals surface area contributed by atoms with E-state index in [0.29, 0.717) is 12.2 Å². The van der Waals surface area contributed by atoms with Crippen LogP contribution in [0.25, 0.3) is 11.0 Å². The van der Waals surface area contributed by atoms with Gasteiger partial charge in [0.15, 0.2) is 11.3 Å². The van der Waals surface area contributed by atoms with Gasteiger partial charge in [-0.3, -0.25) is 4.79 Å². The topological polar surface area (TPSA) is 88.8 Å². The van der Waals surface area contributed by atoms with E-state index in [0.717, 1.165) is 9.86 Å². The molecule has 2 heterocycles. The number of hydrogen-bond acceptors (Lipinski definition) is 4. The molecule has 1 unspecified atom stereocenters. The van der Waals surface area contributed by atoms with Crippen LogP contribution in [0.5, 0.6) is 0 Å². The van der Waals surface area contributed by atoms with E-state index in [9.17, 15) is 14.7 Å². The van der Waals surface area contributed by atoms with E-state index in [-0.39, 0.29) is 18.8 Å². The maximum absolute atomic E-state index is 12.2. The monoisotopic (exact) mass is 353 g/mol. The lowest BCUT2D eigenvalue weighted by atomic mass is 9.99. The van der Waals surface area contributed by atoms with Crippen LogP contribution in [0.3, 0.4) is 0 Å². The lowest BCUT2D eigenvalue weighted by molar-refractivity contribution is -0.144. The van der Waals surface area contributed by atoms with Crippen molar-refractivity contribution in [3.05, 3.63) is 34.5 Å². The maximum Gasteiger partial charge on any atom is 0.331 e. The van der Waals surface area contributed by atoms with Gasteiger partial charge in [-0.25, -0.2) is 4.79 Å². The Labute approximate surface area is 128 Å².